The van der Waals surface area contributed by atoms with Crippen LogP contribution in [0.3, 0.4) is 0 Å². The molecule has 2 rings (SSSR count). The second-order valence-electron chi connectivity index (χ2n) is 5.30. The van der Waals surface area contributed by atoms with Crippen LogP contribution in [0.15, 0.2) is 60.7 Å². The minimum atomic E-state index is 0.0470. The van der Waals surface area contributed by atoms with Crippen molar-refractivity contribution in [3.63, 3.8) is 0 Å². The molecule has 2 heteroatoms. The largest absolute Gasteiger partial charge is 0.371 e. The zero-order valence-corrected chi connectivity index (χ0v) is 13.5. The van der Waals surface area contributed by atoms with Crippen molar-refractivity contribution < 1.29 is 4.79 Å². The lowest BCUT2D eigenvalue weighted by molar-refractivity contribution is 0.104. The summed E-state index contributed by atoms with van der Waals surface area (Å²) in [6.45, 7) is 7.99. The van der Waals surface area contributed by atoms with E-state index in [1.165, 1.54) is 0 Å². The van der Waals surface area contributed by atoms with E-state index in [1.807, 2.05) is 61.5 Å². The fourth-order valence-electron chi connectivity index (χ4n) is 2.46. The predicted octanol–water partition coefficient (Wildman–Crippen LogP) is 4.56. The third kappa shape index (κ3) is 3.85. The van der Waals surface area contributed by atoms with Crippen LogP contribution in [0.4, 0.5) is 0 Å². The number of nitrogens with zero attached hydrogens (tertiary/aromatic N) is 1. The van der Waals surface area contributed by atoms with Gasteiger partial charge in [0.2, 0.25) is 0 Å². The monoisotopic (exact) mass is 293 g/mol. The highest BCUT2D eigenvalue weighted by Gasteiger charge is 2.11. The Morgan fingerprint density at radius 2 is 1.50 bits per heavy atom. The maximum Gasteiger partial charge on any atom is 0.187 e. The van der Waals surface area contributed by atoms with Crippen LogP contribution in [-0.4, -0.2) is 23.8 Å². The van der Waals surface area contributed by atoms with Crippen LogP contribution in [-0.2, 0) is 0 Å². The molecule has 0 spiro atoms. The summed E-state index contributed by atoms with van der Waals surface area (Å²) in [7, 11) is 0. The smallest absolute Gasteiger partial charge is 0.187 e. The van der Waals surface area contributed by atoms with E-state index in [1.54, 1.807) is 6.08 Å². The molecule has 0 amide bonds. The van der Waals surface area contributed by atoms with Crippen molar-refractivity contribution in [2.75, 3.05) is 13.1 Å². The molecule has 0 saturated heterocycles. The second kappa shape index (κ2) is 7.60. The number of rotatable bonds is 6. The quantitative estimate of drug-likeness (QED) is 0.575. The molecule has 2 aromatic rings. The number of hydrogen-bond donors (Lipinski definition) is 0. The minimum absolute atomic E-state index is 0.0470. The number of carbonyl (C=O) groups is 1. The number of allylic oxidation sites excluding steroid dienone is 1. The average molecular weight is 293 g/mol. The zero-order valence-electron chi connectivity index (χ0n) is 13.5. The maximum absolute atomic E-state index is 12.6. The first-order valence-corrected chi connectivity index (χ1v) is 7.78. The van der Waals surface area contributed by atoms with Crippen LogP contribution < -0.4 is 0 Å². The molecule has 0 radical (unpaired) electrons. The van der Waals surface area contributed by atoms with Gasteiger partial charge in [-0.25, -0.2) is 0 Å². The number of aryl methyl sites for hydroxylation is 1. The van der Waals surface area contributed by atoms with Gasteiger partial charge in [-0.05, 0) is 26.3 Å². The molecule has 0 N–H and O–H groups in total. The summed E-state index contributed by atoms with van der Waals surface area (Å²) in [6.07, 6.45) is 1.76. The normalized spacial score (nSPS) is 11.3. The minimum Gasteiger partial charge on any atom is -0.371 e. The van der Waals surface area contributed by atoms with Gasteiger partial charge < -0.3 is 4.90 Å². The van der Waals surface area contributed by atoms with Crippen molar-refractivity contribution >= 4 is 11.5 Å². The average Bonchev–Trinajstić information content (AvgIpc) is 2.56. The summed E-state index contributed by atoms with van der Waals surface area (Å²) in [5.74, 6) is 0.0470. The van der Waals surface area contributed by atoms with Gasteiger partial charge in [-0.15, -0.1) is 0 Å². The Kier molecular flexibility index (Phi) is 5.54. The number of ketones is 1. The Hall–Kier alpha value is -2.35. The molecule has 0 unspecified atom stereocenters. The van der Waals surface area contributed by atoms with E-state index in [0.717, 1.165) is 35.5 Å². The molecular formula is C20H23NO. The van der Waals surface area contributed by atoms with Gasteiger partial charge in [-0.3, -0.25) is 4.79 Å². The molecule has 0 aromatic heterocycles. The number of carbonyl (C=O) groups excluding carboxylic acids is 1. The van der Waals surface area contributed by atoms with Crippen LogP contribution in [0.2, 0.25) is 0 Å². The molecule has 0 fully saturated rings. The van der Waals surface area contributed by atoms with E-state index in [4.69, 9.17) is 0 Å². The van der Waals surface area contributed by atoms with Gasteiger partial charge in [0.25, 0.3) is 0 Å². The van der Waals surface area contributed by atoms with Crippen LogP contribution in [0.1, 0.15) is 35.3 Å². The van der Waals surface area contributed by atoms with Gasteiger partial charge in [0.15, 0.2) is 5.78 Å². The van der Waals surface area contributed by atoms with Gasteiger partial charge in [0.1, 0.15) is 0 Å². The van der Waals surface area contributed by atoms with E-state index in [9.17, 15) is 4.79 Å². The molecule has 114 valence electrons. The fraction of sp³-hybridized carbons (Fsp3) is 0.250. The standard InChI is InChI=1S/C20H23NO/c1-4-21(5-2)19(17-9-7-6-8-10-17)15-20(22)18-13-11-16(3)12-14-18/h6-15H,4-5H2,1-3H3/b19-15-. The predicted molar refractivity (Wildman–Crippen MR) is 92.8 cm³/mol. The lowest BCUT2D eigenvalue weighted by Gasteiger charge is -2.24. The van der Waals surface area contributed by atoms with E-state index in [2.05, 4.69) is 18.7 Å². The van der Waals surface area contributed by atoms with Crippen molar-refractivity contribution in [2.24, 2.45) is 0 Å². The van der Waals surface area contributed by atoms with Crippen molar-refractivity contribution in [2.45, 2.75) is 20.8 Å². The Labute approximate surface area is 133 Å². The van der Waals surface area contributed by atoms with Crippen molar-refractivity contribution in [1.82, 2.24) is 4.90 Å². The first kappa shape index (κ1) is 16.0. The SMILES string of the molecule is CCN(CC)/C(=C\C(=O)c1ccc(C)cc1)c1ccccc1. The highest BCUT2D eigenvalue weighted by molar-refractivity contribution is 6.08. The summed E-state index contributed by atoms with van der Waals surface area (Å²) in [6, 6.07) is 17.8. The van der Waals surface area contributed by atoms with Gasteiger partial charge in [-0.1, -0.05) is 60.2 Å². The Bertz CT molecular complexity index is 637. The molecule has 22 heavy (non-hydrogen) atoms. The van der Waals surface area contributed by atoms with E-state index >= 15 is 0 Å². The molecule has 0 bridgehead atoms. The third-order valence-corrected chi connectivity index (χ3v) is 3.78. The molecule has 0 aliphatic rings. The molecular weight excluding hydrogens is 270 g/mol. The van der Waals surface area contributed by atoms with E-state index in [-0.39, 0.29) is 5.78 Å². The van der Waals surface area contributed by atoms with Crippen LogP contribution in [0, 0.1) is 6.92 Å². The topological polar surface area (TPSA) is 20.3 Å². The molecule has 2 nitrogen and oxygen atoms in total. The van der Waals surface area contributed by atoms with Gasteiger partial charge in [-0.2, -0.15) is 0 Å². The molecule has 0 aliphatic carbocycles. The van der Waals surface area contributed by atoms with Crippen LogP contribution >= 0.6 is 0 Å². The van der Waals surface area contributed by atoms with E-state index in [0.29, 0.717) is 0 Å². The number of benzene rings is 2. The summed E-state index contributed by atoms with van der Waals surface area (Å²) < 4.78 is 0. The first-order valence-electron chi connectivity index (χ1n) is 7.78. The van der Waals surface area contributed by atoms with Gasteiger partial charge >= 0.3 is 0 Å². The summed E-state index contributed by atoms with van der Waals surface area (Å²) in [5, 5.41) is 0. The zero-order chi connectivity index (χ0) is 15.9. The fourth-order valence-corrected chi connectivity index (χ4v) is 2.46. The molecule has 0 atom stereocenters. The molecule has 2 aromatic carbocycles. The second-order valence-corrected chi connectivity index (χ2v) is 5.30. The molecule has 0 aliphatic heterocycles. The third-order valence-electron chi connectivity index (χ3n) is 3.78. The summed E-state index contributed by atoms with van der Waals surface area (Å²) in [4.78, 5) is 14.8. The van der Waals surface area contributed by atoms with Gasteiger partial charge in [0.05, 0.1) is 0 Å². The Balaban J connectivity index is 2.39. The molecule has 0 saturated carbocycles. The van der Waals surface area contributed by atoms with E-state index < -0.39 is 0 Å². The number of hydrogen-bond acceptors (Lipinski definition) is 2. The summed E-state index contributed by atoms with van der Waals surface area (Å²) >= 11 is 0. The Morgan fingerprint density at radius 3 is 2.05 bits per heavy atom. The van der Waals surface area contributed by atoms with Crippen molar-refractivity contribution in [3.05, 3.63) is 77.4 Å². The van der Waals surface area contributed by atoms with Crippen molar-refractivity contribution in [3.8, 4) is 0 Å². The highest BCUT2D eigenvalue weighted by atomic mass is 16.1. The first-order chi connectivity index (χ1) is 10.7. The highest BCUT2D eigenvalue weighted by Crippen LogP contribution is 2.20. The van der Waals surface area contributed by atoms with Gasteiger partial charge in [0, 0.05) is 30.4 Å². The summed E-state index contributed by atoms with van der Waals surface area (Å²) in [5.41, 5.74) is 3.95. The van der Waals surface area contributed by atoms with Crippen LogP contribution in [0.5, 0.6) is 0 Å². The van der Waals surface area contributed by atoms with Crippen LogP contribution in [0.25, 0.3) is 5.70 Å². The Morgan fingerprint density at radius 1 is 0.909 bits per heavy atom. The lowest BCUT2D eigenvalue weighted by Crippen LogP contribution is -2.22. The lowest BCUT2D eigenvalue weighted by atomic mass is 10.0. The maximum atomic E-state index is 12.6. The van der Waals surface area contributed by atoms with Crippen molar-refractivity contribution in [1.29, 1.82) is 0 Å². The molecule has 0 heterocycles.